The van der Waals surface area contributed by atoms with E-state index in [1.807, 2.05) is 18.7 Å². The molecule has 2 saturated heterocycles. The number of ether oxygens (including phenoxy) is 2. The van der Waals surface area contributed by atoms with Crippen molar-refractivity contribution in [2.24, 2.45) is 0 Å². The number of hydrogen-bond donors (Lipinski definition) is 1. The molecule has 118 valence electrons. The highest BCUT2D eigenvalue weighted by Crippen LogP contribution is 2.20. The zero-order valence-corrected chi connectivity index (χ0v) is 13.3. The lowest BCUT2D eigenvalue weighted by atomic mass is 10.1. The van der Waals surface area contributed by atoms with Crippen LogP contribution < -0.4 is 5.32 Å². The van der Waals surface area contributed by atoms with E-state index in [1.165, 1.54) is 12.8 Å². The maximum atomic E-state index is 12.3. The van der Waals surface area contributed by atoms with Gasteiger partial charge in [0.15, 0.2) is 0 Å². The van der Waals surface area contributed by atoms with Crippen molar-refractivity contribution in [3.63, 3.8) is 0 Å². The van der Waals surface area contributed by atoms with Crippen molar-refractivity contribution in [1.29, 1.82) is 0 Å². The van der Waals surface area contributed by atoms with E-state index in [2.05, 4.69) is 5.32 Å². The van der Waals surface area contributed by atoms with Crippen LogP contribution in [-0.2, 0) is 14.3 Å². The fraction of sp³-hybridized carbons (Fsp3) is 0.929. The van der Waals surface area contributed by atoms with Crippen LogP contribution in [0.5, 0.6) is 0 Å². The van der Waals surface area contributed by atoms with Gasteiger partial charge in [-0.05, 0) is 33.1 Å². The summed E-state index contributed by atoms with van der Waals surface area (Å²) in [5, 5.41) is 3.58. The van der Waals surface area contributed by atoms with Crippen LogP contribution >= 0.6 is 12.4 Å². The Bertz CT molecular complexity index is 304. The van der Waals surface area contributed by atoms with Gasteiger partial charge in [0.25, 0.3) is 5.91 Å². The van der Waals surface area contributed by atoms with Gasteiger partial charge in [0.1, 0.15) is 6.10 Å². The molecular weight excluding hydrogens is 280 g/mol. The Hall–Kier alpha value is -0.360. The van der Waals surface area contributed by atoms with Crippen LogP contribution in [0.15, 0.2) is 0 Å². The second-order valence-electron chi connectivity index (χ2n) is 5.42. The maximum absolute atomic E-state index is 12.3. The van der Waals surface area contributed by atoms with E-state index in [-0.39, 0.29) is 24.4 Å². The van der Waals surface area contributed by atoms with Crippen molar-refractivity contribution < 1.29 is 14.3 Å². The van der Waals surface area contributed by atoms with Gasteiger partial charge in [-0.25, -0.2) is 0 Å². The highest BCUT2D eigenvalue weighted by molar-refractivity contribution is 5.85. The van der Waals surface area contributed by atoms with Crippen LogP contribution in [0.2, 0.25) is 0 Å². The Morgan fingerprint density at radius 3 is 2.80 bits per heavy atom. The fourth-order valence-electron chi connectivity index (χ4n) is 2.90. The molecule has 6 heteroatoms. The molecule has 20 heavy (non-hydrogen) atoms. The number of likely N-dealkylation sites (tertiary alicyclic amines) is 1. The van der Waals surface area contributed by atoms with Gasteiger partial charge in [0.05, 0.1) is 13.2 Å². The molecule has 2 bridgehead atoms. The van der Waals surface area contributed by atoms with Crippen molar-refractivity contribution >= 4 is 18.3 Å². The Balaban J connectivity index is 0.00000200. The molecule has 0 radical (unpaired) electrons. The summed E-state index contributed by atoms with van der Waals surface area (Å²) in [6.07, 6.45) is 3.15. The molecule has 3 atom stereocenters. The average Bonchev–Trinajstić information content (AvgIpc) is 2.73. The molecule has 5 nitrogen and oxygen atoms in total. The molecule has 0 saturated carbocycles. The predicted octanol–water partition coefficient (Wildman–Crippen LogP) is 1.20. The van der Waals surface area contributed by atoms with E-state index in [0.29, 0.717) is 31.9 Å². The first-order chi connectivity index (χ1) is 9.20. The number of carbonyl (C=O) groups excluding carboxylic acids is 1. The van der Waals surface area contributed by atoms with E-state index in [1.54, 1.807) is 0 Å². The number of amides is 1. The Kier molecular flexibility index (Phi) is 7.80. The molecule has 0 aromatic carbocycles. The van der Waals surface area contributed by atoms with Crippen LogP contribution in [0.4, 0.5) is 0 Å². The Morgan fingerprint density at radius 2 is 2.05 bits per heavy atom. The molecule has 2 aliphatic heterocycles. The first-order valence-electron chi connectivity index (χ1n) is 7.45. The van der Waals surface area contributed by atoms with Gasteiger partial charge >= 0.3 is 0 Å². The summed E-state index contributed by atoms with van der Waals surface area (Å²) in [5.74, 6) is 0.117. The molecule has 0 aliphatic carbocycles. The minimum atomic E-state index is -0.364. The number of nitrogens with one attached hydrogen (secondary N) is 1. The molecule has 2 heterocycles. The van der Waals surface area contributed by atoms with Crippen molar-refractivity contribution in [3.8, 4) is 0 Å². The van der Waals surface area contributed by atoms with E-state index in [0.717, 1.165) is 19.5 Å². The molecule has 3 unspecified atom stereocenters. The SMILES string of the molecule is CCOCCOC(C)C(=O)N1CCC2CCC(C1)N2.Cl. The molecule has 1 N–H and O–H groups in total. The predicted molar refractivity (Wildman–Crippen MR) is 80.3 cm³/mol. The number of hydrogen-bond acceptors (Lipinski definition) is 4. The van der Waals surface area contributed by atoms with Crippen molar-refractivity contribution in [3.05, 3.63) is 0 Å². The highest BCUT2D eigenvalue weighted by Gasteiger charge is 2.32. The molecular formula is C14H27ClN2O3. The molecule has 0 aromatic rings. The summed E-state index contributed by atoms with van der Waals surface area (Å²) in [6, 6.07) is 1.09. The third kappa shape index (κ3) is 4.88. The summed E-state index contributed by atoms with van der Waals surface area (Å²) < 4.78 is 10.8. The molecule has 1 amide bonds. The van der Waals surface area contributed by atoms with Crippen molar-refractivity contribution in [2.45, 2.75) is 51.3 Å². The van der Waals surface area contributed by atoms with Gasteiger partial charge in [-0.3, -0.25) is 4.79 Å². The molecule has 2 rings (SSSR count). The van der Waals surface area contributed by atoms with Crippen molar-refractivity contribution in [1.82, 2.24) is 10.2 Å². The largest absolute Gasteiger partial charge is 0.379 e. The lowest BCUT2D eigenvalue weighted by Gasteiger charge is -2.27. The molecule has 2 fully saturated rings. The van der Waals surface area contributed by atoms with Crippen molar-refractivity contribution in [2.75, 3.05) is 32.9 Å². The van der Waals surface area contributed by atoms with Crippen LogP contribution in [0, 0.1) is 0 Å². The van der Waals surface area contributed by atoms with Gasteiger partial charge in [-0.1, -0.05) is 0 Å². The first kappa shape index (κ1) is 17.7. The normalized spacial score (nSPS) is 26.8. The molecule has 2 aliphatic rings. The van der Waals surface area contributed by atoms with Gasteiger partial charge in [-0.2, -0.15) is 0 Å². The summed E-state index contributed by atoms with van der Waals surface area (Å²) >= 11 is 0. The number of fused-ring (bicyclic) bond motifs is 2. The molecule has 0 aromatic heterocycles. The Morgan fingerprint density at radius 1 is 1.30 bits per heavy atom. The zero-order chi connectivity index (χ0) is 13.7. The topological polar surface area (TPSA) is 50.8 Å². The van der Waals surface area contributed by atoms with Gasteiger partial charge in [0, 0.05) is 31.8 Å². The quantitative estimate of drug-likeness (QED) is 0.749. The minimum absolute atomic E-state index is 0. The van der Waals surface area contributed by atoms with Gasteiger partial charge in [0.2, 0.25) is 0 Å². The number of halogens is 1. The third-order valence-electron chi connectivity index (χ3n) is 3.98. The summed E-state index contributed by atoms with van der Waals surface area (Å²) in [4.78, 5) is 14.3. The zero-order valence-electron chi connectivity index (χ0n) is 12.5. The monoisotopic (exact) mass is 306 g/mol. The fourth-order valence-corrected chi connectivity index (χ4v) is 2.90. The van der Waals surface area contributed by atoms with E-state index < -0.39 is 0 Å². The van der Waals surface area contributed by atoms with Gasteiger partial charge in [-0.15, -0.1) is 12.4 Å². The van der Waals surface area contributed by atoms with Crippen LogP contribution in [-0.4, -0.2) is 61.9 Å². The second kappa shape index (κ2) is 8.82. The number of nitrogens with zero attached hydrogens (tertiary/aromatic N) is 1. The third-order valence-corrected chi connectivity index (χ3v) is 3.98. The summed E-state index contributed by atoms with van der Waals surface area (Å²) in [6.45, 7) is 7.20. The number of rotatable bonds is 6. The van der Waals surface area contributed by atoms with E-state index >= 15 is 0 Å². The standard InChI is InChI=1S/C14H26N2O3.ClH/c1-3-18-8-9-19-11(2)14(17)16-7-6-12-4-5-13(10-16)15-12;/h11-13,15H,3-10H2,1-2H3;1H. The lowest BCUT2D eigenvalue weighted by molar-refractivity contribution is -0.143. The van der Waals surface area contributed by atoms with E-state index in [9.17, 15) is 4.79 Å². The van der Waals surface area contributed by atoms with E-state index in [4.69, 9.17) is 9.47 Å². The van der Waals surface area contributed by atoms with Gasteiger partial charge < -0.3 is 19.7 Å². The van der Waals surface area contributed by atoms with Crippen LogP contribution in [0.25, 0.3) is 0 Å². The highest BCUT2D eigenvalue weighted by atomic mass is 35.5. The molecule has 0 spiro atoms. The second-order valence-corrected chi connectivity index (χ2v) is 5.42. The summed E-state index contributed by atoms with van der Waals surface area (Å²) in [5.41, 5.74) is 0. The number of carbonyl (C=O) groups is 1. The van der Waals surface area contributed by atoms with Crippen LogP contribution in [0.1, 0.15) is 33.1 Å². The Labute approximate surface area is 127 Å². The lowest BCUT2D eigenvalue weighted by Crippen LogP contribution is -2.44. The maximum Gasteiger partial charge on any atom is 0.251 e. The minimum Gasteiger partial charge on any atom is -0.379 e. The van der Waals surface area contributed by atoms with Crippen LogP contribution in [0.3, 0.4) is 0 Å². The smallest absolute Gasteiger partial charge is 0.251 e. The first-order valence-corrected chi connectivity index (χ1v) is 7.45. The summed E-state index contributed by atoms with van der Waals surface area (Å²) in [7, 11) is 0. The average molecular weight is 307 g/mol.